The molecule has 0 atom stereocenters. The zero-order chi connectivity index (χ0) is 17.2. The van der Waals surface area contributed by atoms with Crippen LogP contribution in [-0.2, 0) is 9.68 Å². The molecule has 2 rings (SSSR count). The van der Waals surface area contributed by atoms with Gasteiger partial charge in [-0.1, -0.05) is 71.0 Å². The van der Waals surface area contributed by atoms with E-state index < -0.39 is 6.16 Å². The molecule has 0 aliphatic carbocycles. The number of hydrogen-bond acceptors (Lipinski definition) is 7. The van der Waals surface area contributed by atoms with E-state index in [0.717, 1.165) is 0 Å². The van der Waals surface area contributed by atoms with Crippen molar-refractivity contribution in [1.82, 2.24) is 0 Å². The van der Waals surface area contributed by atoms with E-state index in [-0.39, 0.29) is 11.4 Å². The number of hydrogen-bond donors (Lipinski definition) is 0. The number of oxime groups is 2. The van der Waals surface area contributed by atoms with Gasteiger partial charge in [0, 0.05) is 11.1 Å². The van der Waals surface area contributed by atoms with E-state index in [0.29, 0.717) is 11.1 Å². The largest absolute Gasteiger partial charge is 0.562 e. The van der Waals surface area contributed by atoms with Gasteiger partial charge in [-0.15, -0.1) is 0 Å². The summed E-state index contributed by atoms with van der Waals surface area (Å²) in [6.45, 7) is 0. The second-order valence-electron chi connectivity index (χ2n) is 4.27. The average Bonchev–Trinajstić information content (AvgIpc) is 2.64. The molecule has 0 heterocycles. The number of carbonyl (C=O) groups excluding carboxylic acids is 1. The van der Waals surface area contributed by atoms with Gasteiger partial charge < -0.3 is 0 Å². The van der Waals surface area contributed by atoms with E-state index in [4.69, 9.17) is 10.5 Å². The molecule has 0 fully saturated rings. The second-order valence-corrected chi connectivity index (χ2v) is 4.27. The first kappa shape index (κ1) is 16.4. The number of nitriles is 2. The Labute approximate surface area is 137 Å². The van der Waals surface area contributed by atoms with Crippen LogP contribution in [0.2, 0.25) is 0 Å². The molecule has 0 unspecified atom stereocenters. The van der Waals surface area contributed by atoms with Crippen molar-refractivity contribution in [3.63, 3.8) is 0 Å². The Morgan fingerprint density at radius 2 is 1.12 bits per heavy atom. The monoisotopic (exact) mass is 318 g/mol. The molecule has 0 amide bonds. The van der Waals surface area contributed by atoms with Crippen LogP contribution in [0, 0.1) is 22.7 Å². The molecule has 116 valence electrons. The summed E-state index contributed by atoms with van der Waals surface area (Å²) in [6, 6.07) is 20.6. The topological polar surface area (TPSA) is 108 Å². The predicted molar refractivity (Wildman–Crippen MR) is 84.8 cm³/mol. The molecule has 0 radical (unpaired) electrons. The van der Waals surface area contributed by atoms with Gasteiger partial charge in [0.05, 0.1) is 0 Å². The highest BCUT2D eigenvalue weighted by Crippen LogP contribution is 2.03. The number of carbonyl (C=O) groups is 1. The summed E-state index contributed by atoms with van der Waals surface area (Å²) in [5.74, 6) is 0. The number of nitrogens with zero attached hydrogens (tertiary/aromatic N) is 4. The summed E-state index contributed by atoms with van der Waals surface area (Å²) < 4.78 is 0. The zero-order valence-corrected chi connectivity index (χ0v) is 12.3. The van der Waals surface area contributed by atoms with Gasteiger partial charge in [0.1, 0.15) is 12.1 Å². The van der Waals surface area contributed by atoms with Crippen molar-refractivity contribution in [3.05, 3.63) is 71.8 Å². The molecule has 2 aromatic rings. The van der Waals surface area contributed by atoms with E-state index >= 15 is 0 Å². The van der Waals surface area contributed by atoms with Crippen LogP contribution in [0.1, 0.15) is 11.1 Å². The lowest BCUT2D eigenvalue weighted by atomic mass is 10.1. The molecule has 0 aromatic heterocycles. The van der Waals surface area contributed by atoms with Crippen molar-refractivity contribution in [1.29, 1.82) is 10.5 Å². The Bertz CT molecular complexity index is 775. The van der Waals surface area contributed by atoms with Crippen LogP contribution in [0.15, 0.2) is 71.0 Å². The number of rotatable bonds is 4. The van der Waals surface area contributed by atoms with Crippen LogP contribution in [-0.4, -0.2) is 17.6 Å². The summed E-state index contributed by atoms with van der Waals surface area (Å²) in [7, 11) is 0. The minimum atomic E-state index is -1.26. The summed E-state index contributed by atoms with van der Waals surface area (Å²) in [5, 5.41) is 24.9. The Hall–Kier alpha value is -3.97. The minimum absolute atomic E-state index is 0.0971. The maximum Gasteiger partial charge on any atom is 0.562 e. The SMILES string of the molecule is N#CC(=NOC(=O)ON=C(C#N)c1ccccc1)c1ccccc1. The summed E-state index contributed by atoms with van der Waals surface area (Å²) in [5.41, 5.74) is 0.775. The highest BCUT2D eigenvalue weighted by atomic mass is 16.8. The molecule has 0 bridgehead atoms. The zero-order valence-electron chi connectivity index (χ0n) is 12.3. The minimum Gasteiger partial charge on any atom is -0.279 e. The van der Waals surface area contributed by atoms with Crippen LogP contribution in [0.3, 0.4) is 0 Å². The highest BCUT2D eigenvalue weighted by Gasteiger charge is 2.09. The molecule has 0 N–H and O–H groups in total. The normalized spacial score (nSPS) is 11.1. The molecule has 7 heteroatoms. The predicted octanol–water partition coefficient (Wildman–Crippen LogP) is 3.00. The molecule has 0 aliphatic heterocycles. The first-order chi connectivity index (χ1) is 11.7. The fraction of sp³-hybridized carbons (Fsp3) is 0. The van der Waals surface area contributed by atoms with Crippen LogP contribution in [0.5, 0.6) is 0 Å². The van der Waals surface area contributed by atoms with Gasteiger partial charge in [-0.25, -0.2) is 0 Å². The van der Waals surface area contributed by atoms with Crippen molar-refractivity contribution in [3.8, 4) is 12.1 Å². The Kier molecular flexibility index (Phi) is 5.79. The van der Waals surface area contributed by atoms with Gasteiger partial charge >= 0.3 is 6.16 Å². The van der Waals surface area contributed by atoms with Crippen molar-refractivity contribution in [2.45, 2.75) is 0 Å². The second kappa shape index (κ2) is 8.47. The van der Waals surface area contributed by atoms with Crippen molar-refractivity contribution in [2.75, 3.05) is 0 Å². The van der Waals surface area contributed by atoms with Gasteiger partial charge in [-0.2, -0.15) is 15.3 Å². The maximum absolute atomic E-state index is 11.5. The van der Waals surface area contributed by atoms with Gasteiger partial charge in [0.25, 0.3) is 0 Å². The summed E-state index contributed by atoms with van der Waals surface area (Å²) in [6.07, 6.45) is -1.26. The van der Waals surface area contributed by atoms with E-state index in [1.165, 1.54) is 0 Å². The smallest absolute Gasteiger partial charge is 0.279 e. The molecule has 24 heavy (non-hydrogen) atoms. The quantitative estimate of drug-likeness (QED) is 0.489. The molecular weight excluding hydrogens is 308 g/mol. The van der Waals surface area contributed by atoms with E-state index in [9.17, 15) is 4.79 Å². The molecular formula is C17H10N4O3. The average molecular weight is 318 g/mol. The van der Waals surface area contributed by atoms with Gasteiger partial charge in [-0.05, 0) is 0 Å². The van der Waals surface area contributed by atoms with Gasteiger partial charge in [-0.3, -0.25) is 9.68 Å². The first-order valence-corrected chi connectivity index (χ1v) is 6.69. The van der Waals surface area contributed by atoms with Crippen LogP contribution in [0.4, 0.5) is 4.79 Å². The molecule has 0 aliphatic rings. The summed E-state index contributed by atoms with van der Waals surface area (Å²) in [4.78, 5) is 20.4. The van der Waals surface area contributed by atoms with Crippen molar-refractivity contribution >= 4 is 17.6 Å². The Morgan fingerprint density at radius 3 is 1.46 bits per heavy atom. The lowest BCUT2D eigenvalue weighted by Crippen LogP contribution is -2.06. The third-order valence-electron chi connectivity index (χ3n) is 2.73. The van der Waals surface area contributed by atoms with Crippen LogP contribution in [0.25, 0.3) is 0 Å². The van der Waals surface area contributed by atoms with Gasteiger partial charge in [0.2, 0.25) is 0 Å². The van der Waals surface area contributed by atoms with Crippen molar-refractivity contribution in [2.24, 2.45) is 10.3 Å². The number of benzene rings is 2. The van der Waals surface area contributed by atoms with E-state index in [2.05, 4.69) is 20.0 Å². The molecule has 2 aromatic carbocycles. The third-order valence-corrected chi connectivity index (χ3v) is 2.73. The maximum atomic E-state index is 11.5. The molecule has 7 nitrogen and oxygen atoms in total. The Morgan fingerprint density at radius 1 is 0.750 bits per heavy atom. The Balaban J connectivity index is 2.03. The van der Waals surface area contributed by atoms with Crippen LogP contribution < -0.4 is 0 Å². The fourth-order valence-corrected chi connectivity index (χ4v) is 1.65. The molecule has 0 spiro atoms. The molecule has 0 saturated heterocycles. The highest BCUT2D eigenvalue weighted by molar-refractivity contribution is 6.12. The fourth-order valence-electron chi connectivity index (χ4n) is 1.65. The van der Waals surface area contributed by atoms with E-state index in [1.807, 2.05) is 0 Å². The van der Waals surface area contributed by atoms with E-state index in [1.54, 1.807) is 72.8 Å². The lowest BCUT2D eigenvalue weighted by molar-refractivity contribution is 0.0600. The standard InChI is InChI=1S/C17H10N4O3/c18-11-15(13-7-3-1-4-8-13)20-23-17(22)24-21-16(12-19)14-9-5-2-6-10-14/h1-10H. The van der Waals surface area contributed by atoms with Crippen LogP contribution >= 0.6 is 0 Å². The first-order valence-electron chi connectivity index (χ1n) is 6.69. The summed E-state index contributed by atoms with van der Waals surface area (Å²) >= 11 is 0. The third kappa shape index (κ3) is 4.52. The lowest BCUT2D eigenvalue weighted by Gasteiger charge is -1.99. The van der Waals surface area contributed by atoms with Gasteiger partial charge in [0.15, 0.2) is 11.4 Å². The molecule has 0 saturated carbocycles. The van der Waals surface area contributed by atoms with Crippen molar-refractivity contribution < 1.29 is 14.5 Å².